The average Bonchev–Trinajstić information content (AvgIpc) is 3.21. The minimum Gasteiger partial charge on any atom is -0.342 e. The lowest BCUT2D eigenvalue weighted by Crippen LogP contribution is -2.61. The number of likely N-dealkylation sites (tertiary alicyclic amines) is 1. The van der Waals surface area contributed by atoms with Gasteiger partial charge in [-0.3, -0.25) is 24.2 Å². The van der Waals surface area contributed by atoms with Crippen LogP contribution in [0.5, 0.6) is 0 Å². The van der Waals surface area contributed by atoms with E-state index >= 15 is 0 Å². The lowest BCUT2D eigenvalue weighted by molar-refractivity contribution is -0.144. The zero-order valence-corrected chi connectivity index (χ0v) is 28.0. The van der Waals surface area contributed by atoms with Gasteiger partial charge in [-0.25, -0.2) is 0 Å². The van der Waals surface area contributed by atoms with Crippen LogP contribution >= 0.6 is 0 Å². The fourth-order valence-corrected chi connectivity index (χ4v) is 9.92. The van der Waals surface area contributed by atoms with E-state index in [-0.39, 0.29) is 51.6 Å². The molecule has 4 fully saturated rings. The first kappa shape index (κ1) is 31.9. The minimum atomic E-state index is -0.835. The van der Waals surface area contributed by atoms with Crippen LogP contribution in [0.25, 0.3) is 0 Å². The number of allylic oxidation sites excluding steroid dienone is 4. The maximum atomic E-state index is 14.5. The Labute approximate surface area is 268 Å². The zero-order chi connectivity index (χ0) is 32.4. The maximum absolute atomic E-state index is 14.5. The van der Waals surface area contributed by atoms with Crippen LogP contribution in [0.3, 0.4) is 0 Å². The van der Waals surface area contributed by atoms with Crippen molar-refractivity contribution in [3.63, 3.8) is 0 Å². The van der Waals surface area contributed by atoms with Gasteiger partial charge in [-0.15, -0.1) is 0 Å². The molecule has 6 aliphatic rings. The first-order valence-electron chi connectivity index (χ1n) is 17.2. The average molecular weight is 617 g/mol. The summed E-state index contributed by atoms with van der Waals surface area (Å²) in [6.45, 7) is 12.7. The Hall–Kier alpha value is -3.03. The van der Waals surface area contributed by atoms with Gasteiger partial charge in [-0.2, -0.15) is 0 Å². The molecule has 6 rings (SSSR count). The maximum Gasteiger partial charge on any atom is 0.246 e. The molecule has 2 heterocycles. The summed E-state index contributed by atoms with van der Waals surface area (Å²) in [7, 11) is 0. The summed E-state index contributed by atoms with van der Waals surface area (Å²) in [5, 5.41) is 6.25. The molecule has 45 heavy (non-hydrogen) atoms. The monoisotopic (exact) mass is 616 g/mol. The Morgan fingerprint density at radius 1 is 0.978 bits per heavy atom. The molecule has 0 aromatic heterocycles. The van der Waals surface area contributed by atoms with E-state index < -0.39 is 29.6 Å². The highest BCUT2D eigenvalue weighted by Crippen LogP contribution is 2.88. The Morgan fingerprint density at radius 2 is 1.69 bits per heavy atom. The molecule has 2 spiro atoms. The van der Waals surface area contributed by atoms with Crippen LogP contribution in [0.4, 0.5) is 0 Å². The van der Waals surface area contributed by atoms with Crippen molar-refractivity contribution in [3.8, 4) is 0 Å². The van der Waals surface area contributed by atoms with Crippen LogP contribution in [0.2, 0.25) is 0 Å². The Balaban J connectivity index is 1.23. The molecule has 8 heteroatoms. The molecule has 3 amide bonds. The van der Waals surface area contributed by atoms with Gasteiger partial charge in [0.15, 0.2) is 5.78 Å². The summed E-state index contributed by atoms with van der Waals surface area (Å²) in [5.74, 6) is -0.967. The number of hydrogen-bond acceptors (Lipinski definition) is 5. The fourth-order valence-electron chi connectivity index (χ4n) is 9.92. The summed E-state index contributed by atoms with van der Waals surface area (Å²) >= 11 is 0. The summed E-state index contributed by atoms with van der Waals surface area (Å²) in [4.78, 5) is 62.0. The quantitative estimate of drug-likeness (QED) is 0.416. The number of rotatable bonds is 7. The number of aliphatic imine (C=N–C) groups is 1. The molecule has 0 bridgehead atoms. The van der Waals surface area contributed by atoms with Crippen LogP contribution in [0.15, 0.2) is 40.9 Å². The number of nitrogens with one attached hydrogen (secondary N) is 2. The second-order valence-electron chi connectivity index (χ2n) is 16.3. The number of carbonyl (C=O) groups excluding carboxylic acids is 4. The van der Waals surface area contributed by atoms with E-state index in [0.717, 1.165) is 50.5 Å². The van der Waals surface area contributed by atoms with E-state index in [4.69, 9.17) is 0 Å². The molecule has 3 saturated carbocycles. The van der Waals surface area contributed by atoms with Gasteiger partial charge in [-0.1, -0.05) is 84.6 Å². The van der Waals surface area contributed by atoms with E-state index in [9.17, 15) is 19.2 Å². The highest BCUT2D eigenvalue weighted by atomic mass is 16.2. The van der Waals surface area contributed by atoms with Crippen LogP contribution in [0.1, 0.15) is 99.3 Å². The highest BCUT2D eigenvalue weighted by Gasteiger charge is 2.85. The predicted octanol–water partition coefficient (Wildman–Crippen LogP) is 5.09. The van der Waals surface area contributed by atoms with Crippen molar-refractivity contribution < 1.29 is 19.2 Å². The van der Waals surface area contributed by atoms with Crippen molar-refractivity contribution in [1.82, 2.24) is 15.5 Å². The Kier molecular flexibility index (Phi) is 8.05. The molecule has 2 aliphatic heterocycles. The molecular formula is C37H52N4O4. The first-order chi connectivity index (χ1) is 21.2. The van der Waals surface area contributed by atoms with Gasteiger partial charge in [0.05, 0.1) is 6.04 Å². The fraction of sp³-hybridized carbons (Fsp3) is 0.703. The van der Waals surface area contributed by atoms with E-state index in [1.54, 1.807) is 18.0 Å². The summed E-state index contributed by atoms with van der Waals surface area (Å²) < 4.78 is 0. The molecule has 6 atom stereocenters. The van der Waals surface area contributed by atoms with Gasteiger partial charge < -0.3 is 15.5 Å². The van der Waals surface area contributed by atoms with Gasteiger partial charge >= 0.3 is 0 Å². The van der Waals surface area contributed by atoms with Gasteiger partial charge in [-0.05, 0) is 72.8 Å². The van der Waals surface area contributed by atoms with Crippen LogP contribution in [-0.4, -0.2) is 65.3 Å². The van der Waals surface area contributed by atoms with Crippen molar-refractivity contribution in [3.05, 3.63) is 36.0 Å². The third-order valence-electron chi connectivity index (χ3n) is 12.9. The first-order valence-corrected chi connectivity index (χ1v) is 17.2. The van der Waals surface area contributed by atoms with E-state index in [2.05, 4.69) is 29.5 Å². The van der Waals surface area contributed by atoms with E-state index in [1.165, 1.54) is 6.42 Å². The van der Waals surface area contributed by atoms with Crippen molar-refractivity contribution >= 4 is 29.7 Å². The van der Waals surface area contributed by atoms with Crippen molar-refractivity contribution in [1.29, 1.82) is 0 Å². The number of hydrogen-bond donors (Lipinski definition) is 2. The molecule has 8 nitrogen and oxygen atoms in total. The SMILES string of the molecule is CC(=O)C1C[C@@]2(CN1C(=O)[C@@H](NC(=O)C(NC(=O)C1N=CC=C3C=CC=CC31)C1CCCCC1)C(C)(C)C)C(C)(C)C21CCC1. The number of Topliss-reactive ketones (excluding diaryl/α,β-unsaturated/α-hetero) is 1. The standard InChI is InChI=1S/C37H52N4O4/c1-23(42)27-21-37(35(5,6)36(37)18-12-19-36)22-41(27)33(45)30(34(2,3)4)40-31(43)28(25-14-8-7-9-15-25)39-32(44)29-26-16-11-10-13-24(26)17-20-38-29/h10-11,13,16-17,20,25-30H,7-9,12,14-15,18-19,21-22H2,1-6H3,(H,39,44)(H,40,43)/t26?,27?,28?,29?,30-,37-/m1/s1. The molecule has 1 saturated heterocycles. The second kappa shape index (κ2) is 11.3. The van der Waals surface area contributed by atoms with Gasteiger partial charge in [0.1, 0.15) is 18.1 Å². The van der Waals surface area contributed by atoms with Crippen LogP contribution in [0, 0.1) is 33.5 Å². The molecule has 244 valence electrons. The molecule has 4 aliphatic carbocycles. The van der Waals surface area contributed by atoms with Crippen molar-refractivity contribution in [2.75, 3.05) is 6.54 Å². The van der Waals surface area contributed by atoms with E-state index in [0.29, 0.717) is 13.0 Å². The topological polar surface area (TPSA) is 108 Å². The lowest BCUT2D eigenvalue weighted by atomic mass is 9.73. The molecular weight excluding hydrogens is 564 g/mol. The third-order valence-corrected chi connectivity index (χ3v) is 12.9. The lowest BCUT2D eigenvalue weighted by Gasteiger charge is -2.38. The molecule has 0 radical (unpaired) electrons. The number of amides is 3. The number of carbonyl (C=O) groups is 4. The smallest absolute Gasteiger partial charge is 0.246 e. The van der Waals surface area contributed by atoms with Gasteiger partial charge in [0.25, 0.3) is 0 Å². The summed E-state index contributed by atoms with van der Waals surface area (Å²) in [6.07, 6.45) is 20.5. The number of nitrogens with zero attached hydrogens (tertiary/aromatic N) is 2. The molecule has 4 unspecified atom stereocenters. The highest BCUT2D eigenvalue weighted by molar-refractivity contribution is 5.96. The number of fused-ring (bicyclic) bond motifs is 2. The predicted molar refractivity (Wildman–Crippen MR) is 175 cm³/mol. The largest absolute Gasteiger partial charge is 0.342 e. The van der Waals surface area contributed by atoms with Crippen molar-refractivity contribution in [2.45, 2.75) is 123 Å². The van der Waals surface area contributed by atoms with E-state index in [1.807, 2.05) is 51.2 Å². The number of dihydropyridines is 1. The summed E-state index contributed by atoms with van der Waals surface area (Å²) in [5.41, 5.74) is 0.657. The Morgan fingerprint density at radius 3 is 2.29 bits per heavy atom. The van der Waals surface area contributed by atoms with Gasteiger partial charge in [0.2, 0.25) is 17.7 Å². The zero-order valence-electron chi connectivity index (χ0n) is 28.0. The molecule has 0 aromatic carbocycles. The molecule has 2 N–H and O–H groups in total. The number of ketones is 1. The van der Waals surface area contributed by atoms with Crippen LogP contribution < -0.4 is 10.6 Å². The van der Waals surface area contributed by atoms with Crippen molar-refractivity contribution in [2.24, 2.45) is 38.5 Å². The minimum absolute atomic E-state index is 0.0109. The normalized spacial score (nSPS) is 32.4. The summed E-state index contributed by atoms with van der Waals surface area (Å²) in [6, 6.07) is -2.73. The third kappa shape index (κ3) is 5.05. The Bertz CT molecular complexity index is 1370. The second-order valence-corrected chi connectivity index (χ2v) is 16.3. The van der Waals surface area contributed by atoms with Crippen LogP contribution in [-0.2, 0) is 19.2 Å². The van der Waals surface area contributed by atoms with Gasteiger partial charge in [0, 0.05) is 24.1 Å². The molecule has 0 aromatic rings.